The molecule has 5 N–H and O–H groups in total. The van der Waals surface area contributed by atoms with Gasteiger partial charge in [-0.1, -0.05) is 6.07 Å². The zero-order valence-electron chi connectivity index (χ0n) is 14.4. The van der Waals surface area contributed by atoms with Crippen LogP contribution in [0.4, 0.5) is 15.8 Å². The monoisotopic (exact) mass is 365 g/mol. The van der Waals surface area contributed by atoms with Crippen LogP contribution in [0.25, 0.3) is 0 Å². The number of anilines is 2. The van der Waals surface area contributed by atoms with Crippen molar-refractivity contribution in [3.63, 3.8) is 0 Å². The van der Waals surface area contributed by atoms with E-state index in [0.29, 0.717) is 12.3 Å². The van der Waals surface area contributed by atoms with Gasteiger partial charge in [0.05, 0.1) is 17.9 Å². The Bertz CT molecular complexity index is 665. The Balaban J connectivity index is 0.000000511. The molecule has 3 rings (SSSR count). The van der Waals surface area contributed by atoms with Gasteiger partial charge in [0.1, 0.15) is 5.82 Å². The summed E-state index contributed by atoms with van der Waals surface area (Å²) in [5, 5.41) is 3.58. The first-order valence-corrected chi connectivity index (χ1v) is 8.81. The fourth-order valence-electron chi connectivity index (χ4n) is 2.71. The fraction of sp³-hybridized carbons (Fsp3) is 0.353. The zero-order chi connectivity index (χ0) is 18.4. The minimum Gasteiger partial charge on any atom is -0.368 e. The van der Waals surface area contributed by atoms with E-state index in [-0.39, 0.29) is 5.82 Å². The standard InChI is InChI=1S/C16H20FN3S.CH4N2O/c1-19(10-13-4-3-7-21-13)16-14(11-5-6-11)8-12(17)9-15(16)20(2)18;2-3-1-4/h3-4,7-9,11H,5-6,10,18H2,1-2H3;1H,2H2,(H,3,4). The summed E-state index contributed by atoms with van der Waals surface area (Å²) in [6.07, 6.45) is 2.67. The van der Waals surface area contributed by atoms with Crippen LogP contribution in [0.3, 0.4) is 0 Å². The molecular weight excluding hydrogens is 341 g/mol. The smallest absolute Gasteiger partial charge is 0.221 e. The van der Waals surface area contributed by atoms with Crippen molar-refractivity contribution in [3.05, 3.63) is 45.9 Å². The number of hydrogen-bond acceptors (Lipinski definition) is 6. The largest absolute Gasteiger partial charge is 0.368 e. The van der Waals surface area contributed by atoms with E-state index in [1.807, 2.05) is 7.05 Å². The molecule has 1 amide bonds. The van der Waals surface area contributed by atoms with Gasteiger partial charge >= 0.3 is 0 Å². The topological polar surface area (TPSA) is 87.6 Å². The number of hydrazine groups is 2. The van der Waals surface area contributed by atoms with E-state index in [4.69, 9.17) is 10.6 Å². The highest BCUT2D eigenvalue weighted by Gasteiger charge is 2.30. The lowest BCUT2D eigenvalue weighted by atomic mass is 10.0. The molecule has 136 valence electrons. The number of carbonyl (C=O) groups excluding carboxylic acids is 1. The van der Waals surface area contributed by atoms with Crippen molar-refractivity contribution in [3.8, 4) is 0 Å². The van der Waals surface area contributed by atoms with Gasteiger partial charge in [0.25, 0.3) is 0 Å². The van der Waals surface area contributed by atoms with Crippen molar-refractivity contribution in [1.82, 2.24) is 5.43 Å². The van der Waals surface area contributed by atoms with E-state index in [1.54, 1.807) is 29.9 Å². The fourth-order valence-corrected chi connectivity index (χ4v) is 3.47. The summed E-state index contributed by atoms with van der Waals surface area (Å²) in [4.78, 5) is 12.4. The molecule has 1 fully saturated rings. The first-order chi connectivity index (χ1) is 12.0. The molecule has 0 unspecified atom stereocenters. The molecular formula is C17H24FN5OS. The Morgan fingerprint density at radius 2 is 2.08 bits per heavy atom. The van der Waals surface area contributed by atoms with E-state index in [2.05, 4.69) is 28.3 Å². The maximum Gasteiger partial charge on any atom is 0.221 e. The van der Waals surface area contributed by atoms with Gasteiger partial charge in [0, 0.05) is 25.0 Å². The molecule has 0 spiro atoms. The number of benzene rings is 1. The Labute approximate surface area is 151 Å². The highest BCUT2D eigenvalue weighted by atomic mass is 32.1. The third-order valence-corrected chi connectivity index (χ3v) is 4.77. The first kappa shape index (κ1) is 19.2. The summed E-state index contributed by atoms with van der Waals surface area (Å²) in [6.45, 7) is 0.809. The predicted molar refractivity (Wildman–Crippen MR) is 101 cm³/mol. The normalized spacial score (nSPS) is 12.8. The highest BCUT2D eigenvalue weighted by molar-refractivity contribution is 7.09. The molecule has 1 aromatic carbocycles. The molecule has 0 saturated heterocycles. The number of hydrogen-bond donors (Lipinski definition) is 3. The number of halogens is 1. The second kappa shape index (κ2) is 8.80. The number of carbonyl (C=O) groups is 1. The van der Waals surface area contributed by atoms with Gasteiger partial charge in [-0.25, -0.2) is 16.1 Å². The lowest BCUT2D eigenvalue weighted by molar-refractivity contribution is -0.109. The van der Waals surface area contributed by atoms with Crippen molar-refractivity contribution in [1.29, 1.82) is 0 Å². The van der Waals surface area contributed by atoms with E-state index in [0.717, 1.165) is 36.3 Å². The summed E-state index contributed by atoms with van der Waals surface area (Å²) in [5.74, 6) is 10.6. The lowest BCUT2D eigenvalue weighted by Gasteiger charge is -2.28. The number of thiophene rings is 1. The van der Waals surface area contributed by atoms with Crippen LogP contribution in [0.15, 0.2) is 29.6 Å². The van der Waals surface area contributed by atoms with Crippen LogP contribution in [0.5, 0.6) is 0 Å². The first-order valence-electron chi connectivity index (χ1n) is 7.93. The van der Waals surface area contributed by atoms with Crippen molar-refractivity contribution < 1.29 is 9.18 Å². The lowest BCUT2D eigenvalue weighted by Crippen LogP contribution is -2.29. The zero-order valence-corrected chi connectivity index (χ0v) is 15.2. The summed E-state index contributed by atoms with van der Waals surface area (Å²) < 4.78 is 13.9. The molecule has 0 bridgehead atoms. The third kappa shape index (κ3) is 5.15. The minimum atomic E-state index is -0.211. The van der Waals surface area contributed by atoms with Gasteiger partial charge in [-0.3, -0.25) is 10.2 Å². The van der Waals surface area contributed by atoms with Gasteiger partial charge in [-0.05, 0) is 41.8 Å². The summed E-state index contributed by atoms with van der Waals surface area (Å²) >= 11 is 1.73. The molecule has 1 saturated carbocycles. The van der Waals surface area contributed by atoms with Crippen LogP contribution in [-0.4, -0.2) is 20.5 Å². The van der Waals surface area contributed by atoms with Crippen LogP contribution in [-0.2, 0) is 11.3 Å². The molecule has 1 aliphatic rings. The van der Waals surface area contributed by atoms with Crippen LogP contribution in [0.1, 0.15) is 29.2 Å². The Hall–Kier alpha value is -2.16. The summed E-state index contributed by atoms with van der Waals surface area (Å²) in [5.41, 5.74) is 4.63. The van der Waals surface area contributed by atoms with E-state index in [9.17, 15) is 4.39 Å². The SMILES string of the molecule is CN(N)c1cc(F)cc(C2CC2)c1N(C)Cc1cccs1.NNC=O. The molecule has 0 aliphatic heterocycles. The Morgan fingerprint density at radius 3 is 2.56 bits per heavy atom. The average molecular weight is 365 g/mol. The molecule has 25 heavy (non-hydrogen) atoms. The quantitative estimate of drug-likeness (QED) is 0.316. The summed E-state index contributed by atoms with van der Waals surface area (Å²) in [6, 6.07) is 7.36. The molecule has 1 aliphatic carbocycles. The summed E-state index contributed by atoms with van der Waals surface area (Å²) in [7, 11) is 3.81. The average Bonchev–Trinajstić information content (AvgIpc) is 3.32. The number of rotatable bonds is 6. The van der Waals surface area contributed by atoms with Crippen molar-refractivity contribution in [2.75, 3.05) is 24.0 Å². The maximum atomic E-state index is 13.9. The minimum absolute atomic E-state index is 0.211. The number of nitrogens with zero attached hydrogens (tertiary/aromatic N) is 2. The van der Waals surface area contributed by atoms with E-state index in [1.165, 1.54) is 16.0 Å². The maximum absolute atomic E-state index is 13.9. The number of nitrogens with one attached hydrogen (secondary N) is 1. The molecule has 1 heterocycles. The molecule has 6 nitrogen and oxygen atoms in total. The Kier molecular flexibility index (Phi) is 6.74. The molecule has 8 heteroatoms. The van der Waals surface area contributed by atoms with Crippen LogP contribution < -0.4 is 27.0 Å². The van der Waals surface area contributed by atoms with Gasteiger partial charge < -0.3 is 9.91 Å². The molecule has 1 aromatic heterocycles. The van der Waals surface area contributed by atoms with Crippen LogP contribution in [0, 0.1) is 5.82 Å². The number of nitrogens with two attached hydrogens (primary N) is 2. The van der Waals surface area contributed by atoms with Crippen molar-refractivity contribution in [2.24, 2.45) is 11.7 Å². The second-order valence-corrected chi connectivity index (χ2v) is 7.00. The van der Waals surface area contributed by atoms with Gasteiger partial charge in [0.2, 0.25) is 6.41 Å². The Morgan fingerprint density at radius 1 is 1.40 bits per heavy atom. The molecule has 2 aromatic rings. The van der Waals surface area contributed by atoms with Crippen LogP contribution in [0.2, 0.25) is 0 Å². The van der Waals surface area contributed by atoms with Gasteiger partial charge in [0.15, 0.2) is 0 Å². The molecule has 0 atom stereocenters. The van der Waals surface area contributed by atoms with Crippen molar-refractivity contribution in [2.45, 2.75) is 25.3 Å². The van der Waals surface area contributed by atoms with E-state index >= 15 is 0 Å². The van der Waals surface area contributed by atoms with Crippen LogP contribution >= 0.6 is 11.3 Å². The van der Waals surface area contributed by atoms with Gasteiger partial charge in [-0.2, -0.15) is 0 Å². The highest BCUT2D eigenvalue weighted by Crippen LogP contribution is 2.47. The van der Waals surface area contributed by atoms with Crippen molar-refractivity contribution >= 4 is 29.1 Å². The second-order valence-electron chi connectivity index (χ2n) is 5.97. The number of amides is 1. The third-order valence-electron chi connectivity index (χ3n) is 3.90. The van der Waals surface area contributed by atoms with Gasteiger partial charge in [-0.15, -0.1) is 11.3 Å². The molecule has 0 radical (unpaired) electrons. The van der Waals surface area contributed by atoms with E-state index < -0.39 is 0 Å². The predicted octanol–water partition coefficient (Wildman–Crippen LogP) is 2.32.